The van der Waals surface area contributed by atoms with E-state index in [0.717, 1.165) is 116 Å². The van der Waals surface area contributed by atoms with Gasteiger partial charge in [-0.25, -0.2) is 4.85 Å². The lowest BCUT2D eigenvalue weighted by Gasteiger charge is -2.46. The summed E-state index contributed by atoms with van der Waals surface area (Å²) >= 11 is 0. The number of hydrogen-bond donors (Lipinski definition) is 0. The Morgan fingerprint density at radius 3 is 1.73 bits per heavy atom. The average Bonchev–Trinajstić information content (AvgIpc) is 1.33. The van der Waals surface area contributed by atoms with Gasteiger partial charge in [0.25, 0.3) is 0 Å². The molecule has 0 fully saturated rings. The molecule has 3 aliphatic rings. The maximum absolute atomic E-state index is 10.6. The molecule has 7 heteroatoms. The zero-order valence-corrected chi connectivity index (χ0v) is 56.5. The Hall–Kier alpha value is -11.9. The highest BCUT2D eigenvalue weighted by Gasteiger charge is 2.48. The second-order valence-electron chi connectivity index (χ2n) is 30.2. The molecule has 470 valence electrons. The molecule has 0 saturated heterocycles. The van der Waals surface area contributed by atoms with E-state index in [0.29, 0.717) is 11.3 Å². The Bertz CT molecular complexity index is 6140. The number of benzene rings is 13. The predicted octanol–water partition coefficient (Wildman–Crippen LogP) is 22.7. The van der Waals surface area contributed by atoms with Gasteiger partial charge >= 0.3 is 0 Å². The standard InChI is InChI=1S/C92H67BN4O2/c1-90(2,3)59-42-57(43-60(49-59)91(4,5)6)58-47-76-88-82(48-58)97(89-63(54-31-39-85-72(44-54)69-21-13-16-27-83(69)98-85)24-18-25-64(89)55-32-40-86-73(45-55)70-22-14-17-28-84(70)99-86)81-51-62(96-79-26-15-12-20-67(79)68-35-29-53(52-94)41-80(68)96)34-38-78(81)93(88)77-37-30-56(46-75(77)92(76,7)8)87-71-23-11-10-19-65(71)66-36-33-61(95-9)50-74(66)87/h10-51,87H,1-8H3. The summed E-state index contributed by atoms with van der Waals surface area (Å²) in [5.74, 6) is -0.0730. The van der Waals surface area contributed by atoms with Gasteiger partial charge in [0.05, 0.1) is 34.9 Å². The van der Waals surface area contributed by atoms with Crippen molar-refractivity contribution >= 4 is 112 Å². The summed E-state index contributed by atoms with van der Waals surface area (Å²) in [5, 5.41) is 17.0. The molecular formula is C92H67BN4O2. The number of furan rings is 2. The zero-order valence-electron chi connectivity index (χ0n) is 56.5. The van der Waals surface area contributed by atoms with Crippen molar-refractivity contribution in [3.05, 3.63) is 311 Å². The second kappa shape index (κ2) is 21.1. The summed E-state index contributed by atoms with van der Waals surface area (Å²) in [6.07, 6.45) is 0. The Morgan fingerprint density at radius 1 is 0.455 bits per heavy atom. The van der Waals surface area contributed by atoms with E-state index >= 15 is 0 Å². The summed E-state index contributed by atoms with van der Waals surface area (Å²) in [7, 11) is 0. The van der Waals surface area contributed by atoms with E-state index in [-0.39, 0.29) is 23.5 Å². The SMILES string of the molecule is [C-]#[N+]c1ccc2c(c1)C(c1ccc3c(c1)C(C)(C)c1cc(-c4cc(C(C)(C)C)cc(C(C)(C)C)c4)cc4c1B3c1ccc(-n3c5ccccc5c5ccc(C#N)cc53)cc1N4c1c(-c3ccc4oc5ccccc5c4c3)cccc1-c1ccc3oc4ccccc4c3c1)c1ccccc1-2. The van der Waals surface area contributed by atoms with Crippen LogP contribution in [0.25, 0.3) is 121 Å². The minimum Gasteiger partial charge on any atom is -0.456 e. The van der Waals surface area contributed by atoms with Gasteiger partial charge in [-0.05, 0) is 167 Å². The highest BCUT2D eigenvalue weighted by Crippen LogP contribution is 2.54. The van der Waals surface area contributed by atoms with E-state index in [4.69, 9.17) is 15.4 Å². The molecular weight excluding hydrogens is 1200 g/mol. The third-order valence-corrected chi connectivity index (χ3v) is 22.1. The predicted molar refractivity (Wildman–Crippen MR) is 411 cm³/mol. The molecule has 99 heavy (non-hydrogen) atoms. The Balaban J connectivity index is 0.959. The van der Waals surface area contributed by atoms with Gasteiger partial charge in [-0.2, -0.15) is 5.26 Å². The minimum atomic E-state index is -0.552. The summed E-state index contributed by atoms with van der Waals surface area (Å²) in [6.45, 7) is 26.9. The molecule has 1 atom stereocenters. The molecule has 16 aromatic rings. The van der Waals surface area contributed by atoms with Gasteiger partial charge in [-0.1, -0.05) is 243 Å². The van der Waals surface area contributed by atoms with Crippen molar-refractivity contribution in [1.82, 2.24) is 4.57 Å². The lowest BCUT2D eigenvalue weighted by Crippen LogP contribution is -2.64. The Kier molecular flexibility index (Phi) is 12.4. The van der Waals surface area contributed by atoms with Crippen LogP contribution in [0.2, 0.25) is 0 Å². The van der Waals surface area contributed by atoms with Crippen molar-refractivity contribution in [1.29, 1.82) is 5.26 Å². The third kappa shape index (κ3) is 8.73. The summed E-state index contributed by atoms with van der Waals surface area (Å²) in [5.41, 5.74) is 31.4. The van der Waals surface area contributed by atoms with E-state index in [1.165, 1.54) is 72.0 Å². The maximum atomic E-state index is 10.6. The summed E-state index contributed by atoms with van der Waals surface area (Å²) < 4.78 is 15.6. The highest BCUT2D eigenvalue weighted by molar-refractivity contribution is 6.99. The Labute approximate surface area is 576 Å². The molecule has 5 heterocycles. The van der Waals surface area contributed by atoms with E-state index in [2.05, 4.69) is 306 Å². The van der Waals surface area contributed by atoms with Crippen LogP contribution in [0, 0.1) is 17.9 Å². The van der Waals surface area contributed by atoms with Gasteiger partial charge in [0.15, 0.2) is 5.69 Å². The van der Waals surface area contributed by atoms with Gasteiger partial charge in [-0.15, -0.1) is 0 Å². The van der Waals surface area contributed by atoms with E-state index < -0.39 is 5.41 Å². The van der Waals surface area contributed by atoms with E-state index in [9.17, 15) is 5.26 Å². The van der Waals surface area contributed by atoms with Crippen molar-refractivity contribution in [3.8, 4) is 56.3 Å². The van der Waals surface area contributed by atoms with Crippen LogP contribution in [0.3, 0.4) is 0 Å². The first-order chi connectivity index (χ1) is 48.0. The molecule has 1 aliphatic carbocycles. The first-order valence-corrected chi connectivity index (χ1v) is 34.4. The molecule has 0 spiro atoms. The summed E-state index contributed by atoms with van der Waals surface area (Å²) in [6, 6.07) is 96.4. The first kappa shape index (κ1) is 58.5. The molecule has 3 aromatic heterocycles. The molecule has 13 aromatic carbocycles. The lowest BCUT2D eigenvalue weighted by atomic mass is 9.30. The molecule has 1 unspecified atom stereocenters. The van der Waals surface area contributed by atoms with E-state index in [1.807, 2.05) is 24.3 Å². The van der Waals surface area contributed by atoms with Crippen molar-refractivity contribution in [2.75, 3.05) is 4.90 Å². The first-order valence-electron chi connectivity index (χ1n) is 34.4. The van der Waals surface area contributed by atoms with Crippen molar-refractivity contribution in [2.24, 2.45) is 0 Å². The zero-order chi connectivity index (χ0) is 67.1. The maximum Gasteiger partial charge on any atom is 0.247 e. The smallest absolute Gasteiger partial charge is 0.247 e. The van der Waals surface area contributed by atoms with Crippen molar-refractivity contribution in [2.45, 2.75) is 77.6 Å². The van der Waals surface area contributed by atoms with Gasteiger partial charge in [0.2, 0.25) is 6.71 Å². The quantitative estimate of drug-likeness (QED) is 0.123. The van der Waals surface area contributed by atoms with Gasteiger partial charge in [0.1, 0.15) is 22.3 Å². The van der Waals surface area contributed by atoms with Gasteiger partial charge in [0, 0.05) is 71.8 Å². The molecule has 6 nitrogen and oxygen atoms in total. The third-order valence-electron chi connectivity index (χ3n) is 22.1. The fourth-order valence-electron chi connectivity index (χ4n) is 17.1. The van der Waals surface area contributed by atoms with Crippen LogP contribution in [-0.4, -0.2) is 11.3 Å². The number of rotatable bonds is 6. The van der Waals surface area contributed by atoms with E-state index in [1.54, 1.807) is 0 Å². The number of anilines is 3. The molecule has 0 N–H and O–H groups in total. The average molecular weight is 1270 g/mol. The van der Waals surface area contributed by atoms with Crippen LogP contribution in [0.1, 0.15) is 106 Å². The van der Waals surface area contributed by atoms with Crippen molar-refractivity contribution in [3.63, 3.8) is 0 Å². The molecule has 0 bridgehead atoms. The summed E-state index contributed by atoms with van der Waals surface area (Å²) in [4.78, 5) is 6.64. The molecule has 2 aliphatic heterocycles. The van der Waals surface area contributed by atoms with Crippen LogP contribution < -0.4 is 21.3 Å². The second-order valence-corrected chi connectivity index (χ2v) is 30.2. The van der Waals surface area contributed by atoms with Gasteiger partial charge in [-0.3, -0.25) is 0 Å². The lowest BCUT2D eigenvalue weighted by molar-refractivity contribution is 0.569. The van der Waals surface area contributed by atoms with Crippen LogP contribution in [-0.2, 0) is 16.2 Å². The minimum absolute atomic E-state index is 0.0730. The highest BCUT2D eigenvalue weighted by atomic mass is 16.3. The van der Waals surface area contributed by atoms with Crippen molar-refractivity contribution < 1.29 is 8.83 Å². The fraction of sp³-hybridized carbons (Fsp3) is 0.130. The number of fused-ring (bicyclic) bond motifs is 16. The molecule has 0 radical (unpaired) electrons. The number of aromatic nitrogens is 1. The van der Waals surface area contributed by atoms with Crippen LogP contribution in [0.15, 0.2) is 264 Å². The molecule has 0 saturated carbocycles. The number of nitrogens with zero attached hydrogens (tertiary/aromatic N) is 4. The molecule has 19 rings (SSSR count). The Morgan fingerprint density at radius 2 is 1.05 bits per heavy atom. The number of nitriles is 1. The fourth-order valence-corrected chi connectivity index (χ4v) is 17.1. The van der Waals surface area contributed by atoms with Crippen LogP contribution in [0.5, 0.6) is 0 Å². The van der Waals surface area contributed by atoms with Crippen LogP contribution >= 0.6 is 0 Å². The normalized spacial score (nSPS) is 14.4. The van der Waals surface area contributed by atoms with Gasteiger partial charge < -0.3 is 18.3 Å². The van der Waals surface area contributed by atoms with Crippen LogP contribution in [0.4, 0.5) is 22.7 Å². The molecule has 0 amide bonds. The number of para-hydroxylation sites is 4. The number of hydrogen-bond acceptors (Lipinski definition) is 4. The topological polar surface area (TPSA) is 62.6 Å². The largest absolute Gasteiger partial charge is 0.456 e. The monoisotopic (exact) mass is 1270 g/mol.